The Hall–Kier alpha value is -2.69. The second-order valence-electron chi connectivity index (χ2n) is 6.71. The summed E-state index contributed by atoms with van der Waals surface area (Å²) >= 11 is 0. The van der Waals surface area contributed by atoms with Gasteiger partial charge in [0.15, 0.2) is 11.5 Å². The number of para-hydroxylation sites is 1. The number of fused-ring (bicyclic) bond motifs is 2. The second kappa shape index (κ2) is 6.90. The van der Waals surface area contributed by atoms with Crippen LogP contribution in [0.4, 0.5) is 0 Å². The van der Waals surface area contributed by atoms with Crippen LogP contribution in [0.5, 0.6) is 17.2 Å². The van der Waals surface area contributed by atoms with Gasteiger partial charge in [-0.3, -0.25) is 4.79 Å². The van der Waals surface area contributed by atoms with Gasteiger partial charge >= 0.3 is 0 Å². The maximum Gasteiger partial charge on any atom is 0.230 e. The highest BCUT2D eigenvalue weighted by Crippen LogP contribution is 2.37. The topological polar surface area (TPSA) is 48.0 Å². The van der Waals surface area contributed by atoms with E-state index in [2.05, 4.69) is 0 Å². The lowest BCUT2D eigenvalue weighted by Gasteiger charge is -2.34. The minimum atomic E-state index is -0.123. The van der Waals surface area contributed by atoms with Crippen molar-refractivity contribution in [3.05, 3.63) is 53.1 Å². The van der Waals surface area contributed by atoms with Crippen LogP contribution >= 0.6 is 0 Å². The number of hydrogen-bond acceptors (Lipinski definition) is 4. The van der Waals surface area contributed by atoms with E-state index in [1.54, 1.807) is 14.2 Å². The number of ether oxygens (including phenoxy) is 3. The first-order chi connectivity index (χ1) is 12.7. The lowest BCUT2D eigenvalue weighted by atomic mass is 9.90. The molecule has 4 rings (SSSR count). The Morgan fingerprint density at radius 1 is 1.12 bits per heavy atom. The Bertz CT molecular complexity index is 833. The summed E-state index contributed by atoms with van der Waals surface area (Å²) in [6.45, 7) is 1.91. The molecule has 5 heteroatoms. The van der Waals surface area contributed by atoms with Crippen molar-refractivity contribution in [2.24, 2.45) is 0 Å². The molecule has 1 amide bonds. The molecular weight excluding hydrogens is 330 g/mol. The van der Waals surface area contributed by atoms with Gasteiger partial charge in [-0.25, -0.2) is 0 Å². The van der Waals surface area contributed by atoms with E-state index < -0.39 is 0 Å². The van der Waals surface area contributed by atoms with Gasteiger partial charge in [0.05, 0.1) is 26.7 Å². The van der Waals surface area contributed by atoms with Crippen LogP contribution < -0.4 is 14.2 Å². The van der Waals surface area contributed by atoms with Gasteiger partial charge in [-0.15, -0.1) is 0 Å². The zero-order valence-electron chi connectivity index (χ0n) is 15.2. The van der Waals surface area contributed by atoms with Crippen LogP contribution in [0.15, 0.2) is 36.4 Å². The molecule has 0 N–H and O–H groups in total. The number of nitrogens with zero attached hydrogens (tertiary/aromatic N) is 1. The third-order valence-corrected chi connectivity index (χ3v) is 5.29. The fourth-order valence-corrected chi connectivity index (χ4v) is 3.89. The number of hydrogen-bond donors (Lipinski definition) is 0. The quantitative estimate of drug-likeness (QED) is 0.850. The lowest BCUT2D eigenvalue weighted by molar-refractivity contribution is -0.134. The molecule has 0 aliphatic carbocycles. The van der Waals surface area contributed by atoms with Crippen molar-refractivity contribution in [1.29, 1.82) is 0 Å². The van der Waals surface area contributed by atoms with Crippen LogP contribution in [0.1, 0.15) is 29.0 Å². The van der Waals surface area contributed by atoms with Gasteiger partial charge in [0, 0.05) is 18.7 Å². The highest BCUT2D eigenvalue weighted by atomic mass is 16.5. The number of amides is 1. The summed E-state index contributed by atoms with van der Waals surface area (Å²) in [6, 6.07) is 11.9. The average Bonchev–Trinajstić information content (AvgIpc) is 2.71. The maximum absolute atomic E-state index is 13.2. The van der Waals surface area contributed by atoms with Crippen molar-refractivity contribution in [1.82, 2.24) is 4.90 Å². The molecule has 2 aromatic rings. The van der Waals surface area contributed by atoms with Crippen molar-refractivity contribution < 1.29 is 19.0 Å². The van der Waals surface area contributed by atoms with E-state index in [9.17, 15) is 4.79 Å². The minimum Gasteiger partial charge on any atom is -0.493 e. The molecule has 0 radical (unpaired) electrons. The van der Waals surface area contributed by atoms with Gasteiger partial charge in [0.2, 0.25) is 5.91 Å². The van der Waals surface area contributed by atoms with Gasteiger partial charge < -0.3 is 19.1 Å². The number of carbonyl (C=O) groups is 1. The molecule has 26 heavy (non-hydrogen) atoms. The van der Waals surface area contributed by atoms with Gasteiger partial charge in [-0.05, 0) is 42.2 Å². The molecule has 0 saturated carbocycles. The van der Waals surface area contributed by atoms with Gasteiger partial charge in [0.1, 0.15) is 5.75 Å². The largest absolute Gasteiger partial charge is 0.493 e. The molecule has 5 nitrogen and oxygen atoms in total. The zero-order valence-corrected chi connectivity index (χ0v) is 15.2. The van der Waals surface area contributed by atoms with Crippen molar-refractivity contribution in [3.63, 3.8) is 0 Å². The fraction of sp³-hybridized carbons (Fsp3) is 0.381. The number of benzene rings is 2. The van der Waals surface area contributed by atoms with Gasteiger partial charge in [0.25, 0.3) is 0 Å². The summed E-state index contributed by atoms with van der Waals surface area (Å²) in [5, 5.41) is 0. The Labute approximate surface area is 153 Å². The molecule has 0 fully saturated rings. The first kappa shape index (κ1) is 16.8. The highest BCUT2D eigenvalue weighted by molar-refractivity contribution is 5.85. The van der Waals surface area contributed by atoms with Crippen LogP contribution in [0.25, 0.3) is 0 Å². The van der Waals surface area contributed by atoms with E-state index in [4.69, 9.17) is 14.2 Å². The van der Waals surface area contributed by atoms with Gasteiger partial charge in [-0.2, -0.15) is 0 Å². The first-order valence-electron chi connectivity index (χ1n) is 8.95. The number of carbonyl (C=O) groups excluding carboxylic acids is 1. The molecule has 2 aliphatic heterocycles. The van der Waals surface area contributed by atoms with E-state index in [1.807, 2.05) is 41.3 Å². The molecule has 0 spiro atoms. The highest BCUT2D eigenvalue weighted by Gasteiger charge is 2.32. The van der Waals surface area contributed by atoms with E-state index in [-0.39, 0.29) is 11.8 Å². The van der Waals surface area contributed by atoms with E-state index in [1.165, 1.54) is 5.56 Å². The Balaban J connectivity index is 1.59. The van der Waals surface area contributed by atoms with Crippen LogP contribution in [0.2, 0.25) is 0 Å². The standard InChI is InChI=1S/C21H23NO4/c1-24-19-11-14-7-9-22(13-15(14)12-20(19)25-2)21(23)17-8-10-26-18-6-4-3-5-16(17)18/h3-6,11-12,17H,7-10,13H2,1-2H3. The minimum absolute atomic E-state index is 0.123. The summed E-state index contributed by atoms with van der Waals surface area (Å²) in [4.78, 5) is 15.2. The first-order valence-corrected chi connectivity index (χ1v) is 8.95. The van der Waals surface area contributed by atoms with Gasteiger partial charge in [-0.1, -0.05) is 18.2 Å². The second-order valence-corrected chi connectivity index (χ2v) is 6.71. The number of rotatable bonds is 3. The molecule has 2 heterocycles. The predicted octanol–water partition coefficient (Wildman–Crippen LogP) is 3.15. The van der Waals surface area contributed by atoms with Crippen LogP contribution in [0.3, 0.4) is 0 Å². The van der Waals surface area contributed by atoms with Crippen molar-refractivity contribution >= 4 is 5.91 Å². The molecule has 1 unspecified atom stereocenters. The lowest BCUT2D eigenvalue weighted by Crippen LogP contribution is -2.40. The molecule has 136 valence electrons. The van der Waals surface area contributed by atoms with Crippen LogP contribution in [0, 0.1) is 0 Å². The summed E-state index contributed by atoms with van der Waals surface area (Å²) in [6.07, 6.45) is 1.55. The Morgan fingerprint density at radius 2 is 1.85 bits per heavy atom. The third kappa shape index (κ3) is 2.87. The van der Waals surface area contributed by atoms with Crippen molar-refractivity contribution in [3.8, 4) is 17.2 Å². The zero-order chi connectivity index (χ0) is 18.1. The molecule has 2 aromatic carbocycles. The van der Waals surface area contributed by atoms with Crippen LogP contribution in [-0.2, 0) is 17.8 Å². The molecule has 0 aromatic heterocycles. The molecule has 2 aliphatic rings. The Morgan fingerprint density at radius 3 is 2.62 bits per heavy atom. The monoisotopic (exact) mass is 353 g/mol. The van der Waals surface area contributed by atoms with E-state index >= 15 is 0 Å². The summed E-state index contributed by atoms with van der Waals surface area (Å²) in [7, 11) is 3.28. The molecule has 1 atom stereocenters. The maximum atomic E-state index is 13.2. The van der Waals surface area contributed by atoms with Crippen LogP contribution in [-0.4, -0.2) is 38.2 Å². The summed E-state index contributed by atoms with van der Waals surface area (Å²) < 4.78 is 16.5. The predicted molar refractivity (Wildman–Crippen MR) is 98.0 cm³/mol. The molecular formula is C21H23NO4. The fourth-order valence-electron chi connectivity index (χ4n) is 3.89. The molecule has 0 saturated heterocycles. The number of methoxy groups -OCH3 is 2. The normalized spacial score (nSPS) is 18.4. The van der Waals surface area contributed by atoms with Crippen molar-refractivity contribution in [2.45, 2.75) is 25.3 Å². The smallest absolute Gasteiger partial charge is 0.230 e. The SMILES string of the molecule is COc1cc2c(cc1OC)CN(C(=O)C1CCOc3ccccc31)CC2. The van der Waals surface area contributed by atoms with E-state index in [0.29, 0.717) is 18.9 Å². The average molecular weight is 353 g/mol. The van der Waals surface area contributed by atoms with E-state index in [0.717, 1.165) is 42.0 Å². The Kier molecular flexibility index (Phi) is 4.45. The molecule has 0 bridgehead atoms. The van der Waals surface area contributed by atoms with Crippen molar-refractivity contribution in [2.75, 3.05) is 27.4 Å². The third-order valence-electron chi connectivity index (χ3n) is 5.29. The summed E-state index contributed by atoms with van der Waals surface area (Å²) in [5.74, 6) is 2.34. The summed E-state index contributed by atoms with van der Waals surface area (Å²) in [5.41, 5.74) is 3.35.